The molecular weight excluding hydrogens is 249 g/mol. The number of thiophene rings is 1. The lowest BCUT2D eigenvalue weighted by atomic mass is 10.1. The lowest BCUT2D eigenvalue weighted by Gasteiger charge is -2.01. The van der Waals surface area contributed by atoms with Crippen LogP contribution in [0.2, 0.25) is 10.0 Å². The van der Waals surface area contributed by atoms with Crippen LogP contribution in [-0.2, 0) is 6.54 Å². The second-order valence-corrected chi connectivity index (χ2v) is 4.90. The van der Waals surface area contributed by atoms with Crippen molar-refractivity contribution in [1.29, 1.82) is 0 Å². The molecule has 0 aliphatic heterocycles. The molecule has 15 heavy (non-hydrogen) atoms. The Labute approximate surface area is 102 Å². The number of hydrogen-bond acceptors (Lipinski definition) is 2. The molecule has 0 radical (unpaired) electrons. The van der Waals surface area contributed by atoms with Crippen molar-refractivity contribution in [3.63, 3.8) is 0 Å². The van der Waals surface area contributed by atoms with Gasteiger partial charge < -0.3 is 5.73 Å². The average Bonchev–Trinajstić information content (AvgIpc) is 2.70. The van der Waals surface area contributed by atoms with E-state index in [-0.39, 0.29) is 0 Å². The highest BCUT2D eigenvalue weighted by molar-refractivity contribution is 7.13. The van der Waals surface area contributed by atoms with Crippen molar-refractivity contribution >= 4 is 34.5 Å². The van der Waals surface area contributed by atoms with Gasteiger partial charge in [0.15, 0.2) is 0 Å². The molecule has 0 saturated heterocycles. The second kappa shape index (κ2) is 4.54. The fourth-order valence-electron chi connectivity index (χ4n) is 1.31. The van der Waals surface area contributed by atoms with E-state index in [1.54, 1.807) is 23.5 Å². The quantitative estimate of drug-likeness (QED) is 0.859. The third-order valence-corrected chi connectivity index (χ3v) is 3.66. The van der Waals surface area contributed by atoms with Crippen LogP contribution in [-0.4, -0.2) is 0 Å². The van der Waals surface area contributed by atoms with Crippen LogP contribution >= 0.6 is 34.5 Å². The minimum atomic E-state index is 0.550. The van der Waals surface area contributed by atoms with E-state index in [4.69, 9.17) is 28.9 Å². The zero-order valence-corrected chi connectivity index (χ0v) is 10.2. The van der Waals surface area contributed by atoms with Gasteiger partial charge in [-0.15, -0.1) is 11.3 Å². The van der Waals surface area contributed by atoms with Crippen LogP contribution in [0.4, 0.5) is 0 Å². The summed E-state index contributed by atoms with van der Waals surface area (Å²) in [5.74, 6) is 0. The van der Waals surface area contributed by atoms with Gasteiger partial charge >= 0.3 is 0 Å². The molecule has 1 aromatic carbocycles. The first-order valence-electron chi connectivity index (χ1n) is 4.43. The number of hydrogen-bond donors (Lipinski definition) is 1. The van der Waals surface area contributed by atoms with Gasteiger partial charge in [-0.25, -0.2) is 0 Å². The van der Waals surface area contributed by atoms with E-state index in [1.165, 1.54) is 0 Å². The van der Waals surface area contributed by atoms with Gasteiger partial charge in [0, 0.05) is 27.0 Å². The Kier molecular flexibility index (Phi) is 3.32. The molecule has 2 N–H and O–H groups in total. The van der Waals surface area contributed by atoms with E-state index in [2.05, 4.69) is 0 Å². The highest BCUT2D eigenvalue weighted by atomic mass is 35.5. The first-order chi connectivity index (χ1) is 7.20. The molecule has 0 bridgehead atoms. The van der Waals surface area contributed by atoms with Gasteiger partial charge in [0.25, 0.3) is 0 Å². The fraction of sp³-hybridized carbons (Fsp3) is 0.0909. The smallest absolute Gasteiger partial charge is 0.0493 e. The summed E-state index contributed by atoms with van der Waals surface area (Å²) in [7, 11) is 0. The zero-order valence-electron chi connectivity index (χ0n) is 7.84. The van der Waals surface area contributed by atoms with E-state index < -0.39 is 0 Å². The lowest BCUT2D eigenvalue weighted by Crippen LogP contribution is -1.92. The standard InChI is InChI=1S/C11H9Cl2NS/c12-8-1-2-10(13)9(4-8)11-3-7(5-14)6-15-11/h1-4,6H,5,14H2. The first-order valence-corrected chi connectivity index (χ1v) is 6.07. The SMILES string of the molecule is NCc1csc(-c2cc(Cl)ccc2Cl)c1. The molecule has 0 unspecified atom stereocenters. The highest BCUT2D eigenvalue weighted by Crippen LogP contribution is 2.34. The molecule has 0 spiro atoms. The van der Waals surface area contributed by atoms with Crippen LogP contribution in [0.25, 0.3) is 10.4 Å². The van der Waals surface area contributed by atoms with Gasteiger partial charge in [0.2, 0.25) is 0 Å². The maximum Gasteiger partial charge on any atom is 0.0493 e. The molecular formula is C11H9Cl2NS. The summed E-state index contributed by atoms with van der Waals surface area (Å²) in [6.45, 7) is 0.550. The third kappa shape index (κ3) is 2.34. The lowest BCUT2D eigenvalue weighted by molar-refractivity contribution is 1.08. The topological polar surface area (TPSA) is 26.0 Å². The summed E-state index contributed by atoms with van der Waals surface area (Å²) in [6, 6.07) is 7.50. The molecule has 0 fully saturated rings. The molecule has 0 amide bonds. The minimum absolute atomic E-state index is 0.550. The van der Waals surface area contributed by atoms with Crippen molar-refractivity contribution in [3.05, 3.63) is 45.3 Å². The maximum absolute atomic E-state index is 6.10. The van der Waals surface area contributed by atoms with Crippen LogP contribution in [0.15, 0.2) is 29.6 Å². The highest BCUT2D eigenvalue weighted by Gasteiger charge is 2.06. The molecule has 0 aliphatic rings. The number of nitrogens with two attached hydrogens (primary N) is 1. The van der Waals surface area contributed by atoms with E-state index >= 15 is 0 Å². The zero-order chi connectivity index (χ0) is 10.8. The van der Waals surface area contributed by atoms with Crippen LogP contribution in [0.3, 0.4) is 0 Å². The van der Waals surface area contributed by atoms with Crippen molar-refractivity contribution in [1.82, 2.24) is 0 Å². The summed E-state index contributed by atoms with van der Waals surface area (Å²) in [4.78, 5) is 1.10. The normalized spacial score (nSPS) is 10.6. The summed E-state index contributed by atoms with van der Waals surface area (Å²) >= 11 is 13.7. The Balaban J connectivity index is 2.48. The predicted molar refractivity (Wildman–Crippen MR) is 67.7 cm³/mol. The van der Waals surface area contributed by atoms with Crippen molar-refractivity contribution in [2.45, 2.75) is 6.54 Å². The molecule has 2 aromatic rings. The van der Waals surface area contributed by atoms with Crippen molar-refractivity contribution < 1.29 is 0 Å². The maximum atomic E-state index is 6.10. The Hall–Kier alpha value is -0.540. The largest absolute Gasteiger partial charge is 0.326 e. The molecule has 4 heteroatoms. The average molecular weight is 258 g/mol. The van der Waals surface area contributed by atoms with Crippen LogP contribution in [0.5, 0.6) is 0 Å². The van der Waals surface area contributed by atoms with Crippen LogP contribution in [0.1, 0.15) is 5.56 Å². The summed E-state index contributed by atoms with van der Waals surface area (Å²) in [6.07, 6.45) is 0. The van der Waals surface area contributed by atoms with Gasteiger partial charge in [-0.1, -0.05) is 23.2 Å². The molecule has 1 heterocycles. The van der Waals surface area contributed by atoms with Crippen LogP contribution < -0.4 is 5.73 Å². The van der Waals surface area contributed by atoms with Gasteiger partial charge in [-0.2, -0.15) is 0 Å². The Morgan fingerprint density at radius 2 is 2.00 bits per heavy atom. The third-order valence-electron chi connectivity index (χ3n) is 2.08. The summed E-state index contributed by atoms with van der Waals surface area (Å²) in [5, 5.41) is 3.44. The van der Waals surface area contributed by atoms with E-state index in [1.807, 2.05) is 17.5 Å². The molecule has 0 aliphatic carbocycles. The predicted octanol–water partition coefficient (Wildman–Crippen LogP) is 4.18. The second-order valence-electron chi connectivity index (χ2n) is 3.15. The Bertz CT molecular complexity index is 479. The molecule has 0 atom stereocenters. The molecule has 2 rings (SSSR count). The van der Waals surface area contributed by atoms with Crippen molar-refractivity contribution in [3.8, 4) is 10.4 Å². The molecule has 78 valence electrons. The Morgan fingerprint density at radius 3 is 2.67 bits per heavy atom. The minimum Gasteiger partial charge on any atom is -0.326 e. The molecule has 1 nitrogen and oxygen atoms in total. The van der Waals surface area contributed by atoms with Gasteiger partial charge in [0.1, 0.15) is 0 Å². The van der Waals surface area contributed by atoms with E-state index in [9.17, 15) is 0 Å². The monoisotopic (exact) mass is 257 g/mol. The summed E-state index contributed by atoms with van der Waals surface area (Å²) < 4.78 is 0. The molecule has 0 saturated carbocycles. The van der Waals surface area contributed by atoms with Gasteiger partial charge in [0.05, 0.1) is 0 Å². The van der Waals surface area contributed by atoms with Gasteiger partial charge in [-0.3, -0.25) is 0 Å². The van der Waals surface area contributed by atoms with Crippen LogP contribution in [0, 0.1) is 0 Å². The van der Waals surface area contributed by atoms with E-state index in [0.29, 0.717) is 16.6 Å². The fourth-order valence-corrected chi connectivity index (χ4v) is 2.72. The Morgan fingerprint density at radius 1 is 1.20 bits per heavy atom. The van der Waals surface area contributed by atoms with Crippen molar-refractivity contribution in [2.75, 3.05) is 0 Å². The van der Waals surface area contributed by atoms with Crippen molar-refractivity contribution in [2.24, 2.45) is 5.73 Å². The number of benzene rings is 1. The first kappa shape index (κ1) is 11.0. The number of halogens is 2. The molecule has 1 aromatic heterocycles. The number of rotatable bonds is 2. The van der Waals surface area contributed by atoms with Gasteiger partial charge in [-0.05, 0) is 35.2 Å². The summed E-state index contributed by atoms with van der Waals surface area (Å²) in [5.41, 5.74) is 7.64. The van der Waals surface area contributed by atoms with E-state index in [0.717, 1.165) is 16.0 Å².